The van der Waals surface area contributed by atoms with Crippen LogP contribution in [0, 0.1) is 0 Å². The Hall–Kier alpha value is -2.08. The van der Waals surface area contributed by atoms with Crippen LogP contribution >= 0.6 is 0 Å². The van der Waals surface area contributed by atoms with Crippen molar-refractivity contribution in [3.8, 4) is 5.75 Å². The van der Waals surface area contributed by atoms with Crippen LogP contribution < -0.4 is 4.74 Å². The molecule has 1 fully saturated rings. The average molecular weight is 307 g/mol. The molecule has 0 aliphatic heterocycles. The Morgan fingerprint density at radius 1 is 1.41 bits per heavy atom. The molecule has 0 radical (unpaired) electrons. The quantitative estimate of drug-likeness (QED) is 0.790. The zero-order valence-electron chi connectivity index (χ0n) is 12.8. The van der Waals surface area contributed by atoms with Gasteiger partial charge in [0.05, 0.1) is 13.7 Å². The molecule has 0 aromatic heterocycles. The Morgan fingerprint density at radius 2 is 2.14 bits per heavy atom. The lowest BCUT2D eigenvalue weighted by Crippen LogP contribution is -2.43. The fraction of sp³-hybridized carbons (Fsp3) is 0.500. The molecule has 22 heavy (non-hydrogen) atoms. The molecule has 1 aliphatic carbocycles. The lowest BCUT2D eigenvalue weighted by molar-refractivity contribution is -0.151. The summed E-state index contributed by atoms with van der Waals surface area (Å²) in [7, 11) is 1.59. The summed E-state index contributed by atoms with van der Waals surface area (Å²) in [6.07, 6.45) is 1.05. The SMILES string of the molecule is COc1cccc(COC(C)C(=O)N(CC(=O)O)C2CC2)c1. The van der Waals surface area contributed by atoms with Gasteiger partial charge in [-0.05, 0) is 37.5 Å². The minimum Gasteiger partial charge on any atom is -0.497 e. The minimum atomic E-state index is -1.000. The highest BCUT2D eigenvalue weighted by Crippen LogP contribution is 2.27. The van der Waals surface area contributed by atoms with E-state index in [1.807, 2.05) is 24.3 Å². The Labute approximate surface area is 129 Å². The van der Waals surface area contributed by atoms with Crippen LogP contribution in [0.3, 0.4) is 0 Å². The molecule has 6 heteroatoms. The fourth-order valence-electron chi connectivity index (χ4n) is 2.21. The minimum absolute atomic E-state index is 0.0477. The van der Waals surface area contributed by atoms with Gasteiger partial charge in [0.2, 0.25) is 0 Å². The predicted octanol–water partition coefficient (Wildman–Crippen LogP) is 1.68. The summed E-state index contributed by atoms with van der Waals surface area (Å²) in [4.78, 5) is 24.6. The molecule has 1 atom stereocenters. The lowest BCUT2D eigenvalue weighted by Gasteiger charge is -2.24. The summed E-state index contributed by atoms with van der Waals surface area (Å²) in [5, 5.41) is 8.91. The number of benzene rings is 1. The zero-order chi connectivity index (χ0) is 16.1. The molecule has 0 bridgehead atoms. The Balaban J connectivity index is 1.90. The van der Waals surface area contributed by atoms with Gasteiger partial charge >= 0.3 is 5.97 Å². The van der Waals surface area contributed by atoms with E-state index in [-0.39, 0.29) is 25.1 Å². The third-order valence-electron chi connectivity index (χ3n) is 3.56. The summed E-state index contributed by atoms with van der Waals surface area (Å²) in [5.41, 5.74) is 0.898. The Kier molecular flexibility index (Phi) is 5.38. The first kappa shape index (κ1) is 16.3. The van der Waals surface area contributed by atoms with E-state index in [0.29, 0.717) is 0 Å². The van der Waals surface area contributed by atoms with Crippen molar-refractivity contribution < 1.29 is 24.2 Å². The molecule has 0 heterocycles. The molecular weight excluding hydrogens is 286 g/mol. The molecule has 1 unspecified atom stereocenters. The number of methoxy groups -OCH3 is 1. The van der Waals surface area contributed by atoms with E-state index in [0.717, 1.165) is 24.2 Å². The van der Waals surface area contributed by atoms with Gasteiger partial charge in [-0.3, -0.25) is 9.59 Å². The molecule has 1 aromatic rings. The van der Waals surface area contributed by atoms with Gasteiger partial charge in [0.1, 0.15) is 18.4 Å². The molecule has 0 saturated heterocycles. The number of rotatable bonds is 8. The van der Waals surface area contributed by atoms with Crippen molar-refractivity contribution in [3.63, 3.8) is 0 Å². The molecule has 1 aliphatic rings. The Morgan fingerprint density at radius 3 is 2.73 bits per heavy atom. The molecule has 1 N–H and O–H groups in total. The fourth-order valence-corrected chi connectivity index (χ4v) is 2.21. The van der Waals surface area contributed by atoms with Crippen molar-refractivity contribution >= 4 is 11.9 Å². The highest BCUT2D eigenvalue weighted by molar-refractivity contribution is 5.85. The van der Waals surface area contributed by atoms with Crippen LogP contribution in [0.4, 0.5) is 0 Å². The van der Waals surface area contributed by atoms with Gasteiger partial charge in [0.15, 0.2) is 0 Å². The first-order valence-corrected chi connectivity index (χ1v) is 7.28. The lowest BCUT2D eigenvalue weighted by atomic mass is 10.2. The van der Waals surface area contributed by atoms with Crippen molar-refractivity contribution in [2.75, 3.05) is 13.7 Å². The van der Waals surface area contributed by atoms with Crippen LogP contribution in [-0.4, -0.2) is 47.7 Å². The van der Waals surface area contributed by atoms with Crippen LogP contribution in [0.1, 0.15) is 25.3 Å². The van der Waals surface area contributed by atoms with E-state index in [1.165, 1.54) is 4.90 Å². The number of nitrogens with zero attached hydrogens (tertiary/aromatic N) is 1. The molecule has 0 spiro atoms. The summed E-state index contributed by atoms with van der Waals surface area (Å²) in [6.45, 7) is 1.66. The van der Waals surface area contributed by atoms with Gasteiger partial charge in [-0.15, -0.1) is 0 Å². The maximum Gasteiger partial charge on any atom is 0.323 e. The van der Waals surface area contributed by atoms with Crippen molar-refractivity contribution in [1.82, 2.24) is 4.90 Å². The standard InChI is InChI=1S/C16H21NO5/c1-11(16(20)17(9-15(18)19)13-6-7-13)22-10-12-4-3-5-14(8-12)21-2/h3-5,8,11,13H,6-7,9-10H2,1-2H3,(H,18,19). The van der Waals surface area contributed by atoms with Crippen LogP contribution in [-0.2, 0) is 20.9 Å². The van der Waals surface area contributed by atoms with E-state index in [1.54, 1.807) is 14.0 Å². The number of hydrogen-bond donors (Lipinski definition) is 1. The number of aliphatic carboxylic acids is 1. The van der Waals surface area contributed by atoms with Gasteiger partial charge < -0.3 is 19.5 Å². The van der Waals surface area contributed by atoms with Gasteiger partial charge in [0.25, 0.3) is 5.91 Å². The van der Waals surface area contributed by atoms with E-state index < -0.39 is 12.1 Å². The second kappa shape index (κ2) is 7.26. The maximum absolute atomic E-state index is 12.3. The molecule has 1 saturated carbocycles. The molecule has 1 aromatic carbocycles. The van der Waals surface area contributed by atoms with E-state index in [2.05, 4.69) is 0 Å². The monoisotopic (exact) mass is 307 g/mol. The molecule has 1 amide bonds. The van der Waals surface area contributed by atoms with Crippen LogP contribution in [0.5, 0.6) is 5.75 Å². The topological polar surface area (TPSA) is 76.1 Å². The highest BCUT2D eigenvalue weighted by Gasteiger charge is 2.36. The number of carbonyl (C=O) groups is 2. The summed E-state index contributed by atoms with van der Waals surface area (Å²) in [6, 6.07) is 7.46. The number of hydrogen-bond acceptors (Lipinski definition) is 4. The number of carboxylic acids is 1. The third kappa shape index (κ3) is 4.46. The van der Waals surface area contributed by atoms with Gasteiger partial charge in [-0.1, -0.05) is 12.1 Å². The number of carboxylic acid groups (broad SMARTS) is 1. The molecule has 120 valence electrons. The summed E-state index contributed by atoms with van der Waals surface area (Å²) >= 11 is 0. The molecular formula is C16H21NO5. The van der Waals surface area contributed by atoms with E-state index in [4.69, 9.17) is 14.6 Å². The molecule has 6 nitrogen and oxygen atoms in total. The van der Waals surface area contributed by atoms with Gasteiger partial charge in [0, 0.05) is 6.04 Å². The van der Waals surface area contributed by atoms with E-state index in [9.17, 15) is 9.59 Å². The summed E-state index contributed by atoms with van der Waals surface area (Å²) in [5.74, 6) is -0.543. The predicted molar refractivity (Wildman–Crippen MR) is 79.6 cm³/mol. The van der Waals surface area contributed by atoms with E-state index >= 15 is 0 Å². The number of amides is 1. The van der Waals surface area contributed by atoms with Crippen molar-refractivity contribution in [3.05, 3.63) is 29.8 Å². The van der Waals surface area contributed by atoms with Crippen LogP contribution in [0.15, 0.2) is 24.3 Å². The molecule has 2 rings (SSSR count). The zero-order valence-corrected chi connectivity index (χ0v) is 12.8. The highest BCUT2D eigenvalue weighted by atomic mass is 16.5. The van der Waals surface area contributed by atoms with Crippen molar-refractivity contribution in [1.29, 1.82) is 0 Å². The van der Waals surface area contributed by atoms with Gasteiger partial charge in [-0.2, -0.15) is 0 Å². The summed E-state index contributed by atoms with van der Waals surface area (Å²) < 4.78 is 10.7. The first-order chi connectivity index (χ1) is 10.5. The average Bonchev–Trinajstić information content (AvgIpc) is 3.34. The maximum atomic E-state index is 12.3. The Bertz CT molecular complexity index is 541. The second-order valence-electron chi connectivity index (χ2n) is 5.40. The van der Waals surface area contributed by atoms with Crippen molar-refractivity contribution in [2.45, 2.75) is 38.5 Å². The van der Waals surface area contributed by atoms with Crippen molar-refractivity contribution in [2.24, 2.45) is 0 Å². The third-order valence-corrected chi connectivity index (χ3v) is 3.56. The van der Waals surface area contributed by atoms with Crippen LogP contribution in [0.25, 0.3) is 0 Å². The first-order valence-electron chi connectivity index (χ1n) is 7.28. The largest absolute Gasteiger partial charge is 0.497 e. The van der Waals surface area contributed by atoms with Gasteiger partial charge in [-0.25, -0.2) is 0 Å². The smallest absolute Gasteiger partial charge is 0.323 e. The number of ether oxygens (including phenoxy) is 2. The normalized spacial score (nSPS) is 15.2. The second-order valence-corrected chi connectivity index (χ2v) is 5.40. The van der Waals surface area contributed by atoms with Crippen LogP contribution in [0.2, 0.25) is 0 Å². The number of carbonyl (C=O) groups excluding carboxylic acids is 1.